The molecule has 0 aromatic heterocycles. The highest BCUT2D eigenvalue weighted by Crippen LogP contribution is 2.32. The normalized spacial score (nSPS) is 26.0. The van der Waals surface area contributed by atoms with Gasteiger partial charge in [0.1, 0.15) is 5.60 Å². The van der Waals surface area contributed by atoms with Crippen molar-refractivity contribution in [1.29, 1.82) is 0 Å². The molecule has 2 rings (SSSR count). The zero-order valence-corrected chi connectivity index (χ0v) is 8.44. The van der Waals surface area contributed by atoms with Crippen molar-refractivity contribution in [1.82, 2.24) is 0 Å². The van der Waals surface area contributed by atoms with Crippen molar-refractivity contribution in [3.8, 4) is 0 Å². The third kappa shape index (κ3) is 1.68. The van der Waals surface area contributed by atoms with Gasteiger partial charge in [-0.25, -0.2) is 0 Å². The van der Waals surface area contributed by atoms with Crippen LogP contribution in [-0.4, -0.2) is 17.8 Å². The molecule has 1 fully saturated rings. The summed E-state index contributed by atoms with van der Waals surface area (Å²) in [7, 11) is 0. The number of rotatable bonds is 2. The minimum absolute atomic E-state index is 0.0510. The van der Waals surface area contributed by atoms with Crippen molar-refractivity contribution < 1.29 is 9.84 Å². The second-order valence-electron chi connectivity index (χ2n) is 4.02. The summed E-state index contributed by atoms with van der Waals surface area (Å²) < 4.78 is 5.52. The van der Waals surface area contributed by atoms with E-state index in [1.165, 1.54) is 0 Å². The Balaban J connectivity index is 2.22. The topological polar surface area (TPSA) is 29.5 Å². The van der Waals surface area contributed by atoms with E-state index >= 15 is 0 Å². The maximum absolute atomic E-state index is 10.4. The second kappa shape index (κ2) is 3.71. The second-order valence-corrected chi connectivity index (χ2v) is 4.02. The highest BCUT2D eigenvalue weighted by molar-refractivity contribution is 5.23. The third-order valence-corrected chi connectivity index (χ3v) is 2.91. The van der Waals surface area contributed by atoms with E-state index in [0.717, 1.165) is 25.0 Å². The van der Waals surface area contributed by atoms with Gasteiger partial charge in [0.05, 0.1) is 6.10 Å². The summed E-state index contributed by atoms with van der Waals surface area (Å²) in [6.45, 7) is 2.60. The van der Waals surface area contributed by atoms with Crippen LogP contribution >= 0.6 is 0 Å². The smallest absolute Gasteiger partial charge is 0.113 e. The molecule has 0 aliphatic carbocycles. The van der Waals surface area contributed by atoms with Gasteiger partial charge in [0.25, 0.3) is 0 Å². The van der Waals surface area contributed by atoms with Crippen molar-refractivity contribution in [2.24, 2.45) is 0 Å². The summed E-state index contributed by atoms with van der Waals surface area (Å²) in [6, 6.07) is 9.73. The molecular weight excluding hydrogens is 176 g/mol. The van der Waals surface area contributed by atoms with Crippen LogP contribution in [0.25, 0.3) is 0 Å². The Bertz CT molecular complexity index is 286. The van der Waals surface area contributed by atoms with Crippen molar-refractivity contribution in [2.75, 3.05) is 6.61 Å². The highest BCUT2D eigenvalue weighted by Gasteiger charge is 2.36. The number of ether oxygens (including phenoxy) is 1. The van der Waals surface area contributed by atoms with E-state index in [1.54, 1.807) is 0 Å². The van der Waals surface area contributed by atoms with Gasteiger partial charge < -0.3 is 9.84 Å². The Hall–Kier alpha value is -0.860. The molecule has 2 heteroatoms. The number of hydrogen-bond acceptors (Lipinski definition) is 2. The van der Waals surface area contributed by atoms with Crippen LogP contribution in [0, 0.1) is 0 Å². The van der Waals surface area contributed by atoms with E-state index < -0.39 is 5.60 Å². The minimum atomic E-state index is -0.849. The van der Waals surface area contributed by atoms with Crippen molar-refractivity contribution in [3.05, 3.63) is 35.9 Å². The van der Waals surface area contributed by atoms with Gasteiger partial charge in [-0.1, -0.05) is 30.3 Å². The summed E-state index contributed by atoms with van der Waals surface area (Å²) in [5, 5.41) is 10.4. The molecule has 0 saturated carbocycles. The average molecular weight is 192 g/mol. The molecule has 0 spiro atoms. The van der Waals surface area contributed by atoms with Gasteiger partial charge in [-0.15, -0.1) is 0 Å². The first-order valence-electron chi connectivity index (χ1n) is 5.11. The zero-order chi connectivity index (χ0) is 10.0. The van der Waals surface area contributed by atoms with Crippen LogP contribution < -0.4 is 0 Å². The summed E-state index contributed by atoms with van der Waals surface area (Å²) in [4.78, 5) is 0. The van der Waals surface area contributed by atoms with Gasteiger partial charge in [-0.05, 0) is 25.3 Å². The SMILES string of the molecule is C[C@](O)(c1ccccc1)[C@@H]1CCCO1. The lowest BCUT2D eigenvalue weighted by atomic mass is 9.89. The molecule has 0 amide bonds. The molecule has 1 aromatic carbocycles. The molecular formula is C12H16O2. The Morgan fingerprint density at radius 3 is 2.64 bits per heavy atom. The maximum atomic E-state index is 10.4. The van der Waals surface area contributed by atoms with Crippen LogP contribution in [0.2, 0.25) is 0 Å². The first-order valence-corrected chi connectivity index (χ1v) is 5.11. The van der Waals surface area contributed by atoms with Gasteiger partial charge in [0, 0.05) is 6.61 Å². The molecule has 0 bridgehead atoms. The maximum Gasteiger partial charge on any atom is 0.113 e. The fourth-order valence-electron chi connectivity index (χ4n) is 1.98. The number of benzene rings is 1. The summed E-state index contributed by atoms with van der Waals surface area (Å²) >= 11 is 0. The summed E-state index contributed by atoms with van der Waals surface area (Å²) in [6.07, 6.45) is 1.94. The van der Waals surface area contributed by atoms with Gasteiger partial charge in [0.2, 0.25) is 0 Å². The lowest BCUT2D eigenvalue weighted by Gasteiger charge is -2.29. The van der Waals surface area contributed by atoms with E-state index in [-0.39, 0.29) is 6.10 Å². The highest BCUT2D eigenvalue weighted by atomic mass is 16.5. The standard InChI is InChI=1S/C12H16O2/c1-12(13,11-8-5-9-14-11)10-6-3-2-4-7-10/h2-4,6-7,11,13H,5,8-9H2,1H3/t11-,12-/m0/s1. The average Bonchev–Trinajstić information content (AvgIpc) is 2.72. The van der Waals surface area contributed by atoms with Crippen LogP contribution in [0.5, 0.6) is 0 Å². The molecule has 0 unspecified atom stereocenters. The largest absolute Gasteiger partial charge is 0.383 e. The first-order chi connectivity index (χ1) is 6.71. The van der Waals surface area contributed by atoms with Gasteiger partial charge in [-0.3, -0.25) is 0 Å². The molecule has 1 heterocycles. The minimum Gasteiger partial charge on any atom is -0.383 e. The molecule has 1 saturated heterocycles. The van der Waals surface area contributed by atoms with E-state index in [0.29, 0.717) is 0 Å². The molecule has 2 nitrogen and oxygen atoms in total. The number of aliphatic hydroxyl groups is 1. The fraction of sp³-hybridized carbons (Fsp3) is 0.500. The number of hydrogen-bond donors (Lipinski definition) is 1. The first kappa shape index (κ1) is 9.69. The molecule has 14 heavy (non-hydrogen) atoms. The van der Waals surface area contributed by atoms with Crippen LogP contribution in [0.1, 0.15) is 25.3 Å². The molecule has 1 N–H and O–H groups in total. The van der Waals surface area contributed by atoms with E-state index in [4.69, 9.17) is 4.74 Å². The van der Waals surface area contributed by atoms with Crippen molar-refractivity contribution in [3.63, 3.8) is 0 Å². The Morgan fingerprint density at radius 1 is 1.36 bits per heavy atom. The van der Waals surface area contributed by atoms with E-state index in [9.17, 15) is 5.11 Å². The zero-order valence-electron chi connectivity index (χ0n) is 8.44. The van der Waals surface area contributed by atoms with Gasteiger partial charge >= 0.3 is 0 Å². The third-order valence-electron chi connectivity index (χ3n) is 2.91. The molecule has 1 aromatic rings. The monoisotopic (exact) mass is 192 g/mol. The van der Waals surface area contributed by atoms with Crippen LogP contribution in [0.4, 0.5) is 0 Å². The van der Waals surface area contributed by atoms with Crippen molar-refractivity contribution in [2.45, 2.75) is 31.5 Å². The van der Waals surface area contributed by atoms with Gasteiger partial charge in [-0.2, -0.15) is 0 Å². The van der Waals surface area contributed by atoms with Crippen LogP contribution in [0.3, 0.4) is 0 Å². The fourth-order valence-corrected chi connectivity index (χ4v) is 1.98. The van der Waals surface area contributed by atoms with Crippen LogP contribution in [0.15, 0.2) is 30.3 Å². The summed E-state index contributed by atoms with van der Waals surface area (Å²) in [5.41, 5.74) is 0.0875. The Labute approximate surface area is 84.5 Å². The van der Waals surface area contributed by atoms with E-state index in [1.807, 2.05) is 37.3 Å². The molecule has 1 aliphatic rings. The van der Waals surface area contributed by atoms with Gasteiger partial charge in [0.15, 0.2) is 0 Å². The lowest BCUT2D eigenvalue weighted by molar-refractivity contribution is -0.0774. The van der Waals surface area contributed by atoms with Crippen LogP contribution in [-0.2, 0) is 10.3 Å². The Morgan fingerprint density at radius 2 is 2.07 bits per heavy atom. The molecule has 2 atom stereocenters. The van der Waals surface area contributed by atoms with Crippen molar-refractivity contribution >= 4 is 0 Å². The van der Waals surface area contributed by atoms with E-state index in [2.05, 4.69) is 0 Å². The Kier molecular flexibility index (Phi) is 2.57. The predicted molar refractivity (Wildman–Crippen MR) is 55.0 cm³/mol. The quantitative estimate of drug-likeness (QED) is 0.777. The predicted octanol–water partition coefficient (Wildman–Crippen LogP) is 2.07. The summed E-state index contributed by atoms with van der Waals surface area (Å²) in [5.74, 6) is 0. The molecule has 0 radical (unpaired) electrons. The molecule has 1 aliphatic heterocycles. The lowest BCUT2D eigenvalue weighted by Crippen LogP contribution is -2.35. The molecule has 76 valence electrons.